The van der Waals surface area contributed by atoms with Crippen molar-refractivity contribution < 1.29 is 4.79 Å². The van der Waals surface area contributed by atoms with E-state index in [4.69, 9.17) is 0 Å². The average Bonchev–Trinajstić information content (AvgIpc) is 3.20. The summed E-state index contributed by atoms with van der Waals surface area (Å²) in [6.45, 7) is 2.96. The fourth-order valence-electron chi connectivity index (χ4n) is 2.75. The SMILES string of the molecule is Cn1nccc1C(=O)N1CCN(c2nc3cnccc3s2)CC1. The molecule has 3 aromatic rings. The lowest BCUT2D eigenvalue weighted by atomic mass is 10.3. The highest BCUT2D eigenvalue weighted by Crippen LogP contribution is 2.28. The number of carbonyl (C=O) groups excluding carboxylic acids is 1. The van der Waals surface area contributed by atoms with Gasteiger partial charge >= 0.3 is 0 Å². The smallest absolute Gasteiger partial charge is 0.272 e. The molecule has 1 fully saturated rings. The molecule has 0 unspecified atom stereocenters. The highest BCUT2D eigenvalue weighted by atomic mass is 32.1. The van der Waals surface area contributed by atoms with Crippen LogP contribution < -0.4 is 4.90 Å². The van der Waals surface area contributed by atoms with E-state index in [0.717, 1.165) is 28.4 Å². The predicted octanol–water partition coefficient (Wildman–Crippen LogP) is 1.39. The number of piperazine rings is 1. The third-order valence-electron chi connectivity index (χ3n) is 4.06. The summed E-state index contributed by atoms with van der Waals surface area (Å²) in [4.78, 5) is 25.3. The minimum absolute atomic E-state index is 0.0400. The van der Waals surface area contributed by atoms with Gasteiger partial charge in [-0.25, -0.2) is 4.98 Å². The Morgan fingerprint density at radius 1 is 1.17 bits per heavy atom. The maximum atomic E-state index is 12.5. The van der Waals surface area contributed by atoms with Crippen molar-refractivity contribution in [3.63, 3.8) is 0 Å². The first-order valence-electron chi connectivity index (χ1n) is 7.45. The highest BCUT2D eigenvalue weighted by molar-refractivity contribution is 7.22. The van der Waals surface area contributed by atoms with Gasteiger partial charge in [0.05, 0.1) is 10.9 Å². The van der Waals surface area contributed by atoms with E-state index < -0.39 is 0 Å². The van der Waals surface area contributed by atoms with Crippen LogP contribution in [0.25, 0.3) is 10.2 Å². The molecule has 0 aliphatic carbocycles. The molecule has 1 amide bonds. The number of rotatable bonds is 2. The van der Waals surface area contributed by atoms with Crippen molar-refractivity contribution in [3.05, 3.63) is 36.4 Å². The zero-order valence-electron chi connectivity index (χ0n) is 12.7. The molecule has 0 bridgehead atoms. The van der Waals surface area contributed by atoms with E-state index in [-0.39, 0.29) is 5.91 Å². The van der Waals surface area contributed by atoms with Crippen LogP contribution in [-0.2, 0) is 7.05 Å². The van der Waals surface area contributed by atoms with Crippen LogP contribution in [-0.4, -0.2) is 56.7 Å². The second-order valence-corrected chi connectivity index (χ2v) is 6.47. The van der Waals surface area contributed by atoms with Crippen LogP contribution in [0.2, 0.25) is 0 Å². The number of thiazole rings is 1. The standard InChI is InChI=1S/C15H16N6OS/c1-19-12(2-5-17-19)14(22)20-6-8-21(9-7-20)15-18-11-10-16-4-3-13(11)23-15/h2-5,10H,6-9H2,1H3. The van der Waals surface area contributed by atoms with Gasteiger partial charge in [0.15, 0.2) is 5.13 Å². The Hall–Kier alpha value is -2.48. The number of amides is 1. The normalized spacial score (nSPS) is 15.3. The maximum Gasteiger partial charge on any atom is 0.272 e. The van der Waals surface area contributed by atoms with Crippen LogP contribution in [0.15, 0.2) is 30.7 Å². The first-order valence-corrected chi connectivity index (χ1v) is 8.27. The molecule has 0 atom stereocenters. The molecule has 0 N–H and O–H groups in total. The summed E-state index contributed by atoms with van der Waals surface area (Å²) in [5, 5.41) is 5.06. The van der Waals surface area contributed by atoms with E-state index in [2.05, 4.69) is 20.0 Å². The van der Waals surface area contributed by atoms with Crippen molar-refractivity contribution in [1.82, 2.24) is 24.6 Å². The van der Waals surface area contributed by atoms with Gasteiger partial charge in [0.1, 0.15) is 11.2 Å². The van der Waals surface area contributed by atoms with Gasteiger partial charge in [-0.3, -0.25) is 14.5 Å². The molecule has 0 aromatic carbocycles. The van der Waals surface area contributed by atoms with Crippen molar-refractivity contribution in [2.75, 3.05) is 31.1 Å². The van der Waals surface area contributed by atoms with E-state index in [1.54, 1.807) is 47.7 Å². The number of aryl methyl sites for hydroxylation is 1. The Bertz CT molecular complexity index is 815. The summed E-state index contributed by atoms with van der Waals surface area (Å²) in [6, 6.07) is 3.74. The van der Waals surface area contributed by atoms with Gasteiger partial charge in [0.25, 0.3) is 5.91 Å². The summed E-state index contributed by atoms with van der Waals surface area (Å²) in [6.07, 6.45) is 5.23. The Morgan fingerprint density at radius 2 is 2.00 bits per heavy atom. The lowest BCUT2D eigenvalue weighted by molar-refractivity contribution is 0.0735. The van der Waals surface area contributed by atoms with E-state index >= 15 is 0 Å². The van der Waals surface area contributed by atoms with E-state index in [9.17, 15) is 4.79 Å². The molecule has 23 heavy (non-hydrogen) atoms. The number of anilines is 1. The van der Waals surface area contributed by atoms with Crippen LogP contribution in [0, 0.1) is 0 Å². The summed E-state index contributed by atoms with van der Waals surface area (Å²) >= 11 is 1.67. The van der Waals surface area contributed by atoms with Crippen LogP contribution >= 0.6 is 11.3 Å². The molecule has 0 spiro atoms. The zero-order chi connectivity index (χ0) is 15.8. The second-order valence-electron chi connectivity index (χ2n) is 5.46. The van der Waals surface area contributed by atoms with Gasteiger partial charge < -0.3 is 9.80 Å². The van der Waals surface area contributed by atoms with E-state index in [0.29, 0.717) is 18.8 Å². The number of carbonyl (C=O) groups is 1. The molecular weight excluding hydrogens is 312 g/mol. The lowest BCUT2D eigenvalue weighted by Crippen LogP contribution is -2.49. The summed E-state index contributed by atoms with van der Waals surface area (Å²) in [5.74, 6) is 0.0400. The van der Waals surface area contributed by atoms with Crippen molar-refractivity contribution in [2.45, 2.75) is 0 Å². The Labute approximate surface area is 137 Å². The number of pyridine rings is 1. The van der Waals surface area contributed by atoms with Crippen LogP contribution in [0.4, 0.5) is 5.13 Å². The molecule has 0 saturated carbocycles. The quantitative estimate of drug-likeness (QED) is 0.711. The van der Waals surface area contributed by atoms with Crippen LogP contribution in [0.5, 0.6) is 0 Å². The zero-order valence-corrected chi connectivity index (χ0v) is 13.5. The minimum Gasteiger partial charge on any atom is -0.345 e. The third-order valence-corrected chi connectivity index (χ3v) is 5.15. The molecule has 4 rings (SSSR count). The number of aromatic nitrogens is 4. The average molecular weight is 328 g/mol. The molecule has 118 valence electrons. The molecular formula is C15H16N6OS. The molecule has 4 heterocycles. The van der Waals surface area contributed by atoms with E-state index in [1.165, 1.54) is 0 Å². The number of hydrogen-bond donors (Lipinski definition) is 0. The first kappa shape index (κ1) is 14.1. The lowest BCUT2D eigenvalue weighted by Gasteiger charge is -2.34. The van der Waals surface area contributed by atoms with Crippen molar-refractivity contribution in [3.8, 4) is 0 Å². The van der Waals surface area contributed by atoms with Crippen molar-refractivity contribution in [1.29, 1.82) is 0 Å². The highest BCUT2D eigenvalue weighted by Gasteiger charge is 2.25. The van der Waals surface area contributed by atoms with Gasteiger partial charge in [-0.05, 0) is 12.1 Å². The predicted molar refractivity (Wildman–Crippen MR) is 88.7 cm³/mol. The second kappa shape index (κ2) is 5.62. The Morgan fingerprint density at radius 3 is 2.70 bits per heavy atom. The Balaban J connectivity index is 1.46. The van der Waals surface area contributed by atoms with Gasteiger partial charge in [-0.2, -0.15) is 5.10 Å². The summed E-state index contributed by atoms with van der Waals surface area (Å²) < 4.78 is 2.76. The fourth-order valence-corrected chi connectivity index (χ4v) is 3.73. The largest absolute Gasteiger partial charge is 0.345 e. The first-order chi connectivity index (χ1) is 11.2. The molecule has 1 saturated heterocycles. The topological polar surface area (TPSA) is 67.2 Å². The number of nitrogens with zero attached hydrogens (tertiary/aromatic N) is 6. The number of fused-ring (bicyclic) bond motifs is 1. The Kier molecular flexibility index (Phi) is 3.45. The summed E-state index contributed by atoms with van der Waals surface area (Å²) in [7, 11) is 1.79. The molecule has 7 nitrogen and oxygen atoms in total. The molecule has 3 aromatic heterocycles. The van der Waals surface area contributed by atoms with Gasteiger partial charge in [0, 0.05) is 45.6 Å². The number of hydrogen-bond acceptors (Lipinski definition) is 6. The molecule has 0 radical (unpaired) electrons. The molecule has 1 aliphatic rings. The van der Waals surface area contributed by atoms with Gasteiger partial charge in [0.2, 0.25) is 0 Å². The molecule has 1 aliphatic heterocycles. The molecule has 8 heteroatoms. The minimum atomic E-state index is 0.0400. The third kappa shape index (κ3) is 2.55. The van der Waals surface area contributed by atoms with E-state index in [1.807, 2.05) is 11.0 Å². The fraction of sp³-hybridized carbons (Fsp3) is 0.333. The van der Waals surface area contributed by atoms with Gasteiger partial charge in [-0.1, -0.05) is 11.3 Å². The van der Waals surface area contributed by atoms with Crippen molar-refractivity contribution >= 4 is 32.6 Å². The van der Waals surface area contributed by atoms with Crippen LogP contribution in [0.3, 0.4) is 0 Å². The summed E-state index contributed by atoms with van der Waals surface area (Å²) in [5.41, 5.74) is 1.56. The van der Waals surface area contributed by atoms with Crippen molar-refractivity contribution in [2.24, 2.45) is 7.05 Å². The van der Waals surface area contributed by atoms with Crippen LogP contribution in [0.1, 0.15) is 10.5 Å². The maximum absolute atomic E-state index is 12.5. The van der Waals surface area contributed by atoms with Gasteiger partial charge in [-0.15, -0.1) is 0 Å². The monoisotopic (exact) mass is 328 g/mol.